The third-order valence-corrected chi connectivity index (χ3v) is 3.55. The fourth-order valence-corrected chi connectivity index (χ4v) is 2.55. The maximum atomic E-state index is 11.7. The molecule has 2 unspecified atom stereocenters. The number of nitrogens with one attached hydrogen (secondary N) is 1. The molecule has 1 fully saturated rings. The van der Waals surface area contributed by atoms with E-state index in [2.05, 4.69) is 17.4 Å². The Morgan fingerprint density at radius 2 is 2.06 bits per heavy atom. The Balaban J connectivity index is 1.63. The maximum Gasteiger partial charge on any atom is 0.220 e. The van der Waals surface area contributed by atoms with Gasteiger partial charge in [0, 0.05) is 18.5 Å². The average Bonchev–Trinajstić information content (AvgIpc) is 2.76. The summed E-state index contributed by atoms with van der Waals surface area (Å²) in [4.78, 5) is 11.7. The minimum atomic E-state index is 0.171. The molecular weight excluding hydrogens is 224 g/mol. The van der Waals surface area contributed by atoms with Crippen LogP contribution in [-0.2, 0) is 11.2 Å². The van der Waals surface area contributed by atoms with Crippen LogP contribution in [0.5, 0.6) is 0 Å². The van der Waals surface area contributed by atoms with Crippen molar-refractivity contribution in [3.05, 3.63) is 35.9 Å². The first-order chi connectivity index (χ1) is 8.74. The number of hydrogen-bond donors (Lipinski definition) is 2. The topological polar surface area (TPSA) is 55.1 Å². The Hall–Kier alpha value is -1.35. The Bertz CT molecular complexity index is 377. The lowest BCUT2D eigenvalue weighted by Gasteiger charge is -2.12. The number of rotatable bonds is 5. The van der Waals surface area contributed by atoms with E-state index in [1.54, 1.807) is 0 Å². The van der Waals surface area contributed by atoms with Crippen molar-refractivity contribution in [1.29, 1.82) is 0 Å². The quantitative estimate of drug-likeness (QED) is 0.835. The molecule has 1 aromatic carbocycles. The van der Waals surface area contributed by atoms with Crippen LogP contribution >= 0.6 is 0 Å². The predicted molar refractivity (Wildman–Crippen MR) is 73.1 cm³/mol. The number of carbonyl (C=O) groups is 1. The molecule has 1 aromatic rings. The van der Waals surface area contributed by atoms with Crippen LogP contribution in [0, 0.1) is 0 Å². The van der Waals surface area contributed by atoms with E-state index in [1.807, 2.05) is 18.2 Å². The van der Waals surface area contributed by atoms with E-state index in [9.17, 15) is 4.79 Å². The molecule has 3 heteroatoms. The molecule has 0 bridgehead atoms. The summed E-state index contributed by atoms with van der Waals surface area (Å²) in [5.74, 6) is 0.171. The second-order valence-electron chi connectivity index (χ2n) is 5.18. The maximum absolute atomic E-state index is 11.7. The normalized spacial score (nSPS) is 22.9. The van der Waals surface area contributed by atoms with Crippen molar-refractivity contribution in [3.63, 3.8) is 0 Å². The lowest BCUT2D eigenvalue weighted by atomic mass is 10.1. The van der Waals surface area contributed by atoms with Crippen LogP contribution in [0.4, 0.5) is 0 Å². The number of benzene rings is 1. The van der Waals surface area contributed by atoms with Gasteiger partial charge in [0.15, 0.2) is 0 Å². The first-order valence-corrected chi connectivity index (χ1v) is 6.83. The summed E-state index contributed by atoms with van der Waals surface area (Å²) in [6.07, 6.45) is 5.50. The van der Waals surface area contributed by atoms with Crippen LogP contribution < -0.4 is 11.1 Å². The summed E-state index contributed by atoms with van der Waals surface area (Å²) < 4.78 is 0. The van der Waals surface area contributed by atoms with Crippen molar-refractivity contribution < 1.29 is 4.79 Å². The van der Waals surface area contributed by atoms with E-state index in [1.165, 1.54) is 5.56 Å². The molecule has 2 atom stereocenters. The molecule has 3 N–H and O–H groups in total. The third-order valence-electron chi connectivity index (χ3n) is 3.55. The Kier molecular flexibility index (Phi) is 4.76. The highest BCUT2D eigenvalue weighted by Crippen LogP contribution is 2.17. The Labute approximate surface area is 109 Å². The van der Waals surface area contributed by atoms with E-state index in [0.717, 1.165) is 32.1 Å². The molecule has 0 saturated heterocycles. The second-order valence-corrected chi connectivity index (χ2v) is 5.18. The highest BCUT2D eigenvalue weighted by atomic mass is 16.1. The molecule has 0 spiro atoms. The van der Waals surface area contributed by atoms with Crippen LogP contribution in [0.25, 0.3) is 0 Å². The van der Waals surface area contributed by atoms with Gasteiger partial charge in [-0.3, -0.25) is 4.79 Å². The first kappa shape index (κ1) is 13.1. The van der Waals surface area contributed by atoms with Gasteiger partial charge in [-0.1, -0.05) is 30.3 Å². The van der Waals surface area contributed by atoms with Gasteiger partial charge in [-0.25, -0.2) is 0 Å². The second kappa shape index (κ2) is 6.55. The minimum Gasteiger partial charge on any atom is -0.353 e. The molecule has 3 nitrogen and oxygen atoms in total. The number of amides is 1. The zero-order valence-corrected chi connectivity index (χ0v) is 10.8. The van der Waals surface area contributed by atoms with Crippen molar-refractivity contribution in [2.75, 3.05) is 0 Å². The first-order valence-electron chi connectivity index (χ1n) is 6.83. The molecule has 1 aliphatic carbocycles. The van der Waals surface area contributed by atoms with Crippen LogP contribution in [0.3, 0.4) is 0 Å². The highest BCUT2D eigenvalue weighted by Gasteiger charge is 2.22. The van der Waals surface area contributed by atoms with Crippen molar-refractivity contribution in [2.45, 2.75) is 50.6 Å². The molecule has 2 rings (SSSR count). The molecule has 1 aliphatic rings. The average molecular weight is 246 g/mol. The molecule has 0 radical (unpaired) electrons. The van der Waals surface area contributed by atoms with Crippen molar-refractivity contribution in [2.24, 2.45) is 5.73 Å². The molecule has 18 heavy (non-hydrogen) atoms. The van der Waals surface area contributed by atoms with Crippen molar-refractivity contribution >= 4 is 5.91 Å². The SMILES string of the molecule is NC1CCC(NC(=O)CCCc2ccccc2)C1. The fraction of sp³-hybridized carbons (Fsp3) is 0.533. The number of carbonyl (C=O) groups excluding carboxylic acids is 1. The molecule has 0 aromatic heterocycles. The summed E-state index contributed by atoms with van der Waals surface area (Å²) >= 11 is 0. The van der Waals surface area contributed by atoms with Gasteiger partial charge in [0.05, 0.1) is 0 Å². The van der Waals surface area contributed by atoms with Gasteiger partial charge in [-0.15, -0.1) is 0 Å². The number of aryl methyl sites for hydroxylation is 1. The van der Waals surface area contributed by atoms with Gasteiger partial charge >= 0.3 is 0 Å². The zero-order chi connectivity index (χ0) is 12.8. The van der Waals surface area contributed by atoms with Crippen molar-refractivity contribution in [3.8, 4) is 0 Å². The van der Waals surface area contributed by atoms with Gasteiger partial charge in [0.2, 0.25) is 5.91 Å². The monoisotopic (exact) mass is 246 g/mol. The minimum absolute atomic E-state index is 0.171. The zero-order valence-electron chi connectivity index (χ0n) is 10.8. The Morgan fingerprint density at radius 1 is 1.28 bits per heavy atom. The summed E-state index contributed by atoms with van der Waals surface area (Å²) in [6, 6.07) is 10.9. The van der Waals surface area contributed by atoms with Crippen LogP contribution in [0.2, 0.25) is 0 Å². The third kappa shape index (κ3) is 4.15. The van der Waals surface area contributed by atoms with Gasteiger partial charge in [-0.2, -0.15) is 0 Å². The van der Waals surface area contributed by atoms with Crippen molar-refractivity contribution in [1.82, 2.24) is 5.32 Å². The summed E-state index contributed by atoms with van der Waals surface area (Å²) in [5, 5.41) is 3.08. The molecule has 98 valence electrons. The van der Waals surface area contributed by atoms with E-state index in [4.69, 9.17) is 5.73 Å². The Morgan fingerprint density at radius 3 is 2.72 bits per heavy atom. The van der Waals surface area contributed by atoms with E-state index < -0.39 is 0 Å². The lowest BCUT2D eigenvalue weighted by molar-refractivity contribution is -0.121. The van der Waals surface area contributed by atoms with Crippen LogP contribution in [-0.4, -0.2) is 18.0 Å². The molecule has 0 heterocycles. The molecular formula is C15H22N2O. The van der Waals surface area contributed by atoms with E-state index in [0.29, 0.717) is 12.5 Å². The predicted octanol–water partition coefficient (Wildman–Crippen LogP) is 2.01. The van der Waals surface area contributed by atoms with Crippen LogP contribution in [0.15, 0.2) is 30.3 Å². The largest absolute Gasteiger partial charge is 0.353 e. The van der Waals surface area contributed by atoms with E-state index in [-0.39, 0.29) is 11.9 Å². The standard InChI is InChI=1S/C15H22N2O/c16-13-9-10-14(11-13)17-15(18)8-4-7-12-5-2-1-3-6-12/h1-3,5-6,13-14H,4,7-11,16H2,(H,17,18). The molecule has 1 saturated carbocycles. The number of nitrogens with two attached hydrogens (primary N) is 1. The molecule has 1 amide bonds. The summed E-state index contributed by atoms with van der Waals surface area (Å²) in [6.45, 7) is 0. The van der Waals surface area contributed by atoms with Gasteiger partial charge in [-0.05, 0) is 37.7 Å². The molecule has 0 aliphatic heterocycles. The van der Waals surface area contributed by atoms with Gasteiger partial charge < -0.3 is 11.1 Å². The lowest BCUT2D eigenvalue weighted by Crippen LogP contribution is -2.33. The fourth-order valence-electron chi connectivity index (χ4n) is 2.55. The summed E-state index contributed by atoms with van der Waals surface area (Å²) in [7, 11) is 0. The van der Waals surface area contributed by atoms with Gasteiger partial charge in [0.25, 0.3) is 0 Å². The summed E-state index contributed by atoms with van der Waals surface area (Å²) in [5.41, 5.74) is 7.12. The number of hydrogen-bond acceptors (Lipinski definition) is 2. The van der Waals surface area contributed by atoms with Gasteiger partial charge in [0.1, 0.15) is 0 Å². The smallest absolute Gasteiger partial charge is 0.220 e. The van der Waals surface area contributed by atoms with E-state index >= 15 is 0 Å². The highest BCUT2D eigenvalue weighted by molar-refractivity contribution is 5.76. The van der Waals surface area contributed by atoms with Crippen LogP contribution in [0.1, 0.15) is 37.7 Å².